The largest absolute Gasteiger partial charge is 0.507 e. The quantitative estimate of drug-likeness (QED) is 0.263. The van der Waals surface area contributed by atoms with Crippen molar-refractivity contribution in [2.45, 2.75) is 6.04 Å². The number of carbonyl (C=O) groups is 2. The Morgan fingerprint density at radius 2 is 1.88 bits per heavy atom. The van der Waals surface area contributed by atoms with Crippen molar-refractivity contribution in [3.63, 3.8) is 0 Å². The summed E-state index contributed by atoms with van der Waals surface area (Å²) in [5, 5.41) is 11.8. The monoisotopic (exact) mass is 474 g/mol. The van der Waals surface area contributed by atoms with Crippen LogP contribution in [0, 0.1) is 0 Å². The van der Waals surface area contributed by atoms with E-state index in [0.29, 0.717) is 40.1 Å². The number of nitrogens with zero attached hydrogens (tertiary/aromatic N) is 2. The van der Waals surface area contributed by atoms with Gasteiger partial charge in [0.25, 0.3) is 11.7 Å². The van der Waals surface area contributed by atoms with E-state index in [1.807, 2.05) is 19.0 Å². The van der Waals surface area contributed by atoms with Crippen LogP contribution >= 0.6 is 23.2 Å². The van der Waals surface area contributed by atoms with E-state index in [9.17, 15) is 14.7 Å². The number of aliphatic hydroxyl groups excluding tert-OH is 1. The summed E-state index contributed by atoms with van der Waals surface area (Å²) in [5.41, 5.74) is 0.885. The number of amides is 1. The smallest absolute Gasteiger partial charge is 0.295 e. The molecule has 168 valence electrons. The second-order valence-corrected chi connectivity index (χ2v) is 8.43. The van der Waals surface area contributed by atoms with Gasteiger partial charge in [0.15, 0.2) is 0 Å². The fourth-order valence-corrected chi connectivity index (χ4v) is 4.00. The van der Waals surface area contributed by atoms with Crippen LogP contribution < -0.4 is 4.74 Å². The van der Waals surface area contributed by atoms with Crippen molar-refractivity contribution in [3.8, 4) is 5.75 Å². The summed E-state index contributed by atoms with van der Waals surface area (Å²) in [6, 6.07) is 10.6. The maximum Gasteiger partial charge on any atom is 0.295 e. The van der Waals surface area contributed by atoms with Crippen LogP contribution in [0.3, 0.4) is 0 Å². The van der Waals surface area contributed by atoms with E-state index < -0.39 is 17.7 Å². The topological polar surface area (TPSA) is 70.1 Å². The number of benzene rings is 2. The standard InChI is InChI=1S/C24H24Cl2N2O4/c1-4-13-32-17-8-5-15(6-9-17)22(29)20-21(18-10-7-16(25)14-19(18)26)28(12-11-27(2)3)24(31)23(20)30/h4-10,14,21,29H,1,11-13H2,2-3H3/b22-20+. The van der Waals surface area contributed by atoms with Gasteiger partial charge in [0.1, 0.15) is 18.1 Å². The SMILES string of the molecule is C=CCOc1ccc(/C(O)=C2\C(=O)C(=O)N(CCN(C)C)C2c2ccc(Cl)cc2Cl)cc1. The molecule has 1 unspecified atom stereocenters. The molecule has 1 fully saturated rings. The van der Waals surface area contributed by atoms with Gasteiger partial charge in [-0.25, -0.2) is 0 Å². The number of carbonyl (C=O) groups excluding carboxylic acids is 2. The van der Waals surface area contributed by atoms with E-state index in [2.05, 4.69) is 6.58 Å². The highest BCUT2D eigenvalue weighted by molar-refractivity contribution is 6.47. The van der Waals surface area contributed by atoms with Gasteiger partial charge in [0, 0.05) is 28.7 Å². The summed E-state index contributed by atoms with van der Waals surface area (Å²) in [7, 11) is 3.74. The highest BCUT2D eigenvalue weighted by Crippen LogP contribution is 2.42. The molecule has 6 nitrogen and oxygen atoms in total. The molecule has 0 spiro atoms. The van der Waals surface area contributed by atoms with E-state index >= 15 is 0 Å². The summed E-state index contributed by atoms with van der Waals surface area (Å²) in [6.07, 6.45) is 1.62. The molecule has 0 aromatic heterocycles. The zero-order valence-electron chi connectivity index (χ0n) is 17.8. The molecule has 0 aliphatic carbocycles. The third-order valence-corrected chi connectivity index (χ3v) is 5.64. The first kappa shape index (κ1) is 23.9. The molecule has 32 heavy (non-hydrogen) atoms. The molecule has 3 rings (SSSR count). The van der Waals surface area contributed by atoms with E-state index in [-0.39, 0.29) is 17.9 Å². The van der Waals surface area contributed by atoms with Crippen LogP contribution in [-0.2, 0) is 9.59 Å². The molecule has 8 heteroatoms. The zero-order chi connectivity index (χ0) is 23.4. The lowest BCUT2D eigenvalue weighted by Crippen LogP contribution is -2.35. The maximum atomic E-state index is 13.0. The van der Waals surface area contributed by atoms with Gasteiger partial charge in [-0.05, 0) is 56.1 Å². The summed E-state index contributed by atoms with van der Waals surface area (Å²) < 4.78 is 5.46. The molecule has 1 N–H and O–H groups in total. The van der Waals surface area contributed by atoms with Gasteiger partial charge in [-0.1, -0.05) is 41.9 Å². The number of ketones is 1. The molecular weight excluding hydrogens is 451 g/mol. The molecule has 0 saturated carbocycles. The Morgan fingerprint density at radius 1 is 1.19 bits per heavy atom. The number of rotatable bonds is 8. The summed E-state index contributed by atoms with van der Waals surface area (Å²) in [5.74, 6) is -1.13. The highest BCUT2D eigenvalue weighted by atomic mass is 35.5. The van der Waals surface area contributed by atoms with Gasteiger partial charge in [-0.2, -0.15) is 0 Å². The van der Waals surface area contributed by atoms with Crippen LogP contribution in [0.5, 0.6) is 5.75 Å². The summed E-state index contributed by atoms with van der Waals surface area (Å²) in [6.45, 7) is 4.76. The number of ether oxygens (including phenoxy) is 1. The van der Waals surface area contributed by atoms with Crippen molar-refractivity contribution >= 4 is 40.7 Å². The molecule has 2 aromatic rings. The van der Waals surface area contributed by atoms with Gasteiger partial charge in [-0.3, -0.25) is 9.59 Å². The number of Topliss-reactive ketones (excluding diaryl/α,β-unsaturated/α-hetero) is 1. The molecule has 1 heterocycles. The van der Waals surface area contributed by atoms with Crippen LogP contribution in [0.4, 0.5) is 0 Å². The maximum absolute atomic E-state index is 13.0. The van der Waals surface area contributed by atoms with Crippen LogP contribution in [-0.4, -0.2) is 60.4 Å². The number of aliphatic hydroxyl groups is 1. The lowest BCUT2D eigenvalue weighted by Gasteiger charge is -2.27. The normalized spacial score (nSPS) is 17.8. The Labute approximate surface area is 197 Å². The lowest BCUT2D eigenvalue weighted by molar-refractivity contribution is -0.140. The molecule has 1 saturated heterocycles. The first-order valence-corrected chi connectivity index (χ1v) is 10.7. The second-order valence-electron chi connectivity index (χ2n) is 7.59. The zero-order valence-corrected chi connectivity index (χ0v) is 19.4. The van der Waals surface area contributed by atoms with Gasteiger partial charge < -0.3 is 19.6 Å². The van der Waals surface area contributed by atoms with Crippen molar-refractivity contribution in [1.29, 1.82) is 0 Å². The minimum atomic E-state index is -0.837. The van der Waals surface area contributed by atoms with Crippen molar-refractivity contribution in [2.24, 2.45) is 0 Å². The fraction of sp³-hybridized carbons (Fsp3) is 0.250. The van der Waals surface area contributed by atoms with Gasteiger partial charge in [-0.15, -0.1) is 0 Å². The van der Waals surface area contributed by atoms with Crippen LogP contribution in [0.1, 0.15) is 17.2 Å². The number of hydrogen-bond donors (Lipinski definition) is 1. The lowest BCUT2D eigenvalue weighted by atomic mass is 9.95. The number of hydrogen-bond acceptors (Lipinski definition) is 5. The summed E-state index contributed by atoms with van der Waals surface area (Å²) in [4.78, 5) is 29.3. The van der Waals surface area contributed by atoms with Crippen molar-refractivity contribution < 1.29 is 19.4 Å². The molecule has 1 amide bonds. The highest BCUT2D eigenvalue weighted by Gasteiger charge is 2.46. The first-order valence-electron chi connectivity index (χ1n) is 9.96. The predicted octanol–water partition coefficient (Wildman–Crippen LogP) is 4.54. The Hall–Kier alpha value is -2.80. The van der Waals surface area contributed by atoms with E-state index in [1.165, 1.54) is 4.90 Å². The number of halogens is 2. The van der Waals surface area contributed by atoms with Crippen LogP contribution in [0.15, 0.2) is 60.7 Å². The van der Waals surface area contributed by atoms with Crippen molar-refractivity contribution in [2.75, 3.05) is 33.8 Å². The Kier molecular flexibility index (Phi) is 7.61. The van der Waals surface area contributed by atoms with Gasteiger partial charge in [0.05, 0.1) is 11.6 Å². The van der Waals surface area contributed by atoms with Crippen molar-refractivity contribution in [3.05, 3.63) is 81.9 Å². The number of likely N-dealkylation sites (tertiary alicyclic amines) is 1. The third kappa shape index (κ3) is 4.99. The minimum Gasteiger partial charge on any atom is -0.507 e. The molecular formula is C24H24Cl2N2O4. The van der Waals surface area contributed by atoms with Crippen LogP contribution in [0.25, 0.3) is 5.76 Å². The second kappa shape index (κ2) is 10.2. The van der Waals surface area contributed by atoms with E-state index in [1.54, 1.807) is 48.5 Å². The average Bonchev–Trinajstić information content (AvgIpc) is 3.00. The number of likely N-dealkylation sites (N-methyl/N-ethyl adjacent to an activating group) is 1. The molecule has 0 bridgehead atoms. The van der Waals surface area contributed by atoms with Crippen molar-refractivity contribution in [1.82, 2.24) is 9.80 Å². The Balaban J connectivity index is 2.10. The van der Waals surface area contributed by atoms with Gasteiger partial charge >= 0.3 is 0 Å². The molecule has 2 aromatic carbocycles. The van der Waals surface area contributed by atoms with E-state index in [4.69, 9.17) is 27.9 Å². The average molecular weight is 475 g/mol. The molecule has 1 atom stereocenters. The Morgan fingerprint density at radius 3 is 2.47 bits per heavy atom. The Bertz CT molecular complexity index is 1060. The first-order chi connectivity index (χ1) is 15.2. The van der Waals surface area contributed by atoms with Crippen LogP contribution in [0.2, 0.25) is 10.0 Å². The van der Waals surface area contributed by atoms with E-state index in [0.717, 1.165) is 0 Å². The molecule has 1 aliphatic rings. The predicted molar refractivity (Wildman–Crippen MR) is 126 cm³/mol. The minimum absolute atomic E-state index is 0.0160. The van der Waals surface area contributed by atoms with Gasteiger partial charge in [0.2, 0.25) is 0 Å². The fourth-order valence-electron chi connectivity index (χ4n) is 3.48. The third-order valence-electron chi connectivity index (χ3n) is 5.08. The molecule has 1 aliphatic heterocycles. The summed E-state index contributed by atoms with van der Waals surface area (Å²) >= 11 is 12.5. The molecule has 0 radical (unpaired) electrons.